The van der Waals surface area contributed by atoms with E-state index in [4.69, 9.17) is 31.5 Å². The number of nitrogens with zero attached hydrogens (tertiary/aromatic N) is 1. The molecule has 0 aromatic heterocycles. The Bertz CT molecular complexity index is 567. The standard InChI is InChI=1S/C16H23ClN2O4/c1-4-23-14-6-10(5-12(17)15(14)22-3)8-19-9-11(21-2)7-13(19)16(18)20/h5-6,11,13H,4,7-9H2,1-3H3,(H2,18,20)/t11-,13-/m0/s1. The van der Waals surface area contributed by atoms with E-state index in [0.29, 0.717) is 42.6 Å². The maximum absolute atomic E-state index is 11.7. The van der Waals surface area contributed by atoms with Crippen molar-refractivity contribution < 1.29 is 19.0 Å². The first-order chi connectivity index (χ1) is 11.0. The van der Waals surface area contributed by atoms with E-state index in [1.807, 2.05) is 24.0 Å². The highest BCUT2D eigenvalue weighted by atomic mass is 35.5. The number of methoxy groups -OCH3 is 2. The monoisotopic (exact) mass is 342 g/mol. The van der Waals surface area contributed by atoms with Crippen LogP contribution in [-0.4, -0.2) is 50.3 Å². The minimum absolute atomic E-state index is 0.00702. The molecule has 1 amide bonds. The fraction of sp³-hybridized carbons (Fsp3) is 0.562. The van der Waals surface area contributed by atoms with E-state index in [1.165, 1.54) is 0 Å². The fourth-order valence-corrected chi connectivity index (χ4v) is 3.22. The van der Waals surface area contributed by atoms with Crippen molar-refractivity contribution in [2.45, 2.75) is 32.0 Å². The third-order valence-electron chi connectivity index (χ3n) is 3.99. The van der Waals surface area contributed by atoms with Gasteiger partial charge in [-0.3, -0.25) is 9.69 Å². The molecule has 0 spiro atoms. The predicted octanol–water partition coefficient (Wildman–Crippen LogP) is 1.82. The number of ether oxygens (including phenoxy) is 3. The number of hydrogen-bond acceptors (Lipinski definition) is 5. The van der Waals surface area contributed by atoms with Crippen molar-refractivity contribution in [3.05, 3.63) is 22.7 Å². The predicted molar refractivity (Wildman–Crippen MR) is 88.0 cm³/mol. The minimum atomic E-state index is -0.339. The normalized spacial score (nSPS) is 21.4. The molecule has 2 N–H and O–H groups in total. The lowest BCUT2D eigenvalue weighted by molar-refractivity contribution is -0.122. The van der Waals surface area contributed by atoms with Crippen molar-refractivity contribution >= 4 is 17.5 Å². The van der Waals surface area contributed by atoms with Gasteiger partial charge in [-0.15, -0.1) is 0 Å². The van der Waals surface area contributed by atoms with Crippen LogP contribution in [0.5, 0.6) is 11.5 Å². The molecule has 0 unspecified atom stereocenters. The summed E-state index contributed by atoms with van der Waals surface area (Å²) in [4.78, 5) is 13.7. The Morgan fingerprint density at radius 1 is 1.43 bits per heavy atom. The van der Waals surface area contributed by atoms with Crippen molar-refractivity contribution in [1.82, 2.24) is 4.90 Å². The van der Waals surface area contributed by atoms with Gasteiger partial charge in [0.1, 0.15) is 0 Å². The van der Waals surface area contributed by atoms with Gasteiger partial charge in [0.05, 0.1) is 30.9 Å². The zero-order chi connectivity index (χ0) is 17.0. The lowest BCUT2D eigenvalue weighted by Gasteiger charge is -2.22. The molecule has 1 aromatic rings. The number of amides is 1. The topological polar surface area (TPSA) is 74.0 Å². The summed E-state index contributed by atoms with van der Waals surface area (Å²) in [5, 5.41) is 0.478. The van der Waals surface area contributed by atoms with Gasteiger partial charge in [0, 0.05) is 20.2 Å². The van der Waals surface area contributed by atoms with Crippen molar-refractivity contribution in [3.63, 3.8) is 0 Å². The Balaban J connectivity index is 2.23. The molecule has 2 rings (SSSR count). The third kappa shape index (κ3) is 4.07. The van der Waals surface area contributed by atoms with Gasteiger partial charge in [-0.1, -0.05) is 11.6 Å². The number of benzene rings is 1. The molecule has 1 saturated heterocycles. The van der Waals surface area contributed by atoms with Gasteiger partial charge < -0.3 is 19.9 Å². The first kappa shape index (κ1) is 17.8. The number of hydrogen-bond donors (Lipinski definition) is 1. The summed E-state index contributed by atoms with van der Waals surface area (Å²) in [6.07, 6.45) is 0.612. The van der Waals surface area contributed by atoms with E-state index in [2.05, 4.69) is 0 Å². The molecule has 1 aromatic carbocycles. The molecule has 23 heavy (non-hydrogen) atoms. The molecule has 128 valence electrons. The smallest absolute Gasteiger partial charge is 0.234 e. The first-order valence-corrected chi connectivity index (χ1v) is 7.93. The molecule has 1 heterocycles. The maximum atomic E-state index is 11.7. The Kier molecular flexibility index (Phi) is 6.10. The Labute approximate surface area is 141 Å². The van der Waals surface area contributed by atoms with Gasteiger partial charge in [0.2, 0.25) is 5.91 Å². The van der Waals surface area contributed by atoms with Crippen molar-refractivity contribution in [3.8, 4) is 11.5 Å². The second kappa shape index (κ2) is 7.86. The summed E-state index contributed by atoms with van der Waals surface area (Å²) in [6, 6.07) is 3.37. The highest BCUT2D eigenvalue weighted by molar-refractivity contribution is 6.32. The highest BCUT2D eigenvalue weighted by Crippen LogP contribution is 2.37. The Hall–Kier alpha value is -1.50. The molecular formula is C16H23ClN2O4. The maximum Gasteiger partial charge on any atom is 0.234 e. The first-order valence-electron chi connectivity index (χ1n) is 7.55. The molecule has 2 atom stereocenters. The van der Waals surface area contributed by atoms with Crippen LogP contribution >= 0.6 is 11.6 Å². The molecule has 0 saturated carbocycles. The SMILES string of the molecule is CCOc1cc(CN2C[C@@H](OC)C[C@H]2C(N)=O)cc(Cl)c1OC. The number of halogens is 1. The second-order valence-corrected chi connectivity index (χ2v) is 5.89. The molecule has 0 radical (unpaired) electrons. The van der Waals surface area contributed by atoms with E-state index >= 15 is 0 Å². The van der Waals surface area contributed by atoms with E-state index in [0.717, 1.165) is 5.56 Å². The second-order valence-electron chi connectivity index (χ2n) is 5.48. The van der Waals surface area contributed by atoms with Crippen molar-refractivity contribution in [2.75, 3.05) is 27.4 Å². The summed E-state index contributed by atoms with van der Waals surface area (Å²) in [7, 11) is 3.19. The van der Waals surface area contributed by atoms with Crippen LogP contribution in [0.3, 0.4) is 0 Å². The van der Waals surface area contributed by atoms with Crippen LogP contribution in [0.15, 0.2) is 12.1 Å². The van der Waals surface area contributed by atoms with Gasteiger partial charge in [0.25, 0.3) is 0 Å². The quantitative estimate of drug-likeness (QED) is 0.818. The summed E-state index contributed by atoms with van der Waals surface area (Å²) >= 11 is 6.27. The van der Waals surface area contributed by atoms with Gasteiger partial charge in [-0.05, 0) is 31.0 Å². The molecule has 1 aliphatic heterocycles. The molecule has 0 bridgehead atoms. The van der Waals surface area contributed by atoms with Crippen LogP contribution in [-0.2, 0) is 16.1 Å². The van der Waals surface area contributed by atoms with Gasteiger partial charge >= 0.3 is 0 Å². The van der Waals surface area contributed by atoms with E-state index < -0.39 is 0 Å². The molecule has 1 aliphatic rings. The highest BCUT2D eigenvalue weighted by Gasteiger charge is 2.35. The largest absolute Gasteiger partial charge is 0.491 e. The van der Waals surface area contributed by atoms with Gasteiger partial charge in [0.15, 0.2) is 11.5 Å². The Morgan fingerprint density at radius 3 is 2.74 bits per heavy atom. The number of primary amides is 1. The van der Waals surface area contributed by atoms with Crippen LogP contribution in [0, 0.1) is 0 Å². The molecular weight excluding hydrogens is 320 g/mol. The van der Waals surface area contributed by atoms with Crippen LogP contribution < -0.4 is 15.2 Å². The van der Waals surface area contributed by atoms with Crippen LogP contribution in [0.4, 0.5) is 0 Å². The summed E-state index contributed by atoms with van der Waals surface area (Å²) in [5.41, 5.74) is 6.44. The molecule has 0 aliphatic carbocycles. The Morgan fingerprint density at radius 2 is 2.17 bits per heavy atom. The van der Waals surface area contributed by atoms with Crippen molar-refractivity contribution in [2.24, 2.45) is 5.73 Å². The number of carbonyl (C=O) groups excluding carboxylic acids is 1. The average Bonchev–Trinajstić information content (AvgIpc) is 2.90. The third-order valence-corrected chi connectivity index (χ3v) is 4.27. The molecule has 1 fully saturated rings. The number of likely N-dealkylation sites (tertiary alicyclic amines) is 1. The average molecular weight is 343 g/mol. The van der Waals surface area contributed by atoms with E-state index in [-0.39, 0.29) is 18.1 Å². The van der Waals surface area contributed by atoms with E-state index in [1.54, 1.807) is 14.2 Å². The lowest BCUT2D eigenvalue weighted by Crippen LogP contribution is -2.39. The summed E-state index contributed by atoms with van der Waals surface area (Å²) in [6.45, 7) is 3.59. The molecule has 6 nitrogen and oxygen atoms in total. The van der Waals surface area contributed by atoms with Crippen LogP contribution in [0.25, 0.3) is 0 Å². The van der Waals surface area contributed by atoms with Crippen LogP contribution in [0.2, 0.25) is 5.02 Å². The van der Waals surface area contributed by atoms with E-state index in [9.17, 15) is 4.79 Å². The van der Waals surface area contributed by atoms with Gasteiger partial charge in [-0.25, -0.2) is 0 Å². The fourth-order valence-electron chi connectivity index (χ4n) is 2.91. The summed E-state index contributed by atoms with van der Waals surface area (Å²) in [5.74, 6) is 0.768. The molecule has 7 heteroatoms. The van der Waals surface area contributed by atoms with Crippen molar-refractivity contribution in [1.29, 1.82) is 0 Å². The lowest BCUT2D eigenvalue weighted by atomic mass is 10.1. The zero-order valence-electron chi connectivity index (χ0n) is 13.7. The number of nitrogens with two attached hydrogens (primary N) is 1. The number of carbonyl (C=O) groups is 1. The minimum Gasteiger partial charge on any atom is -0.491 e. The van der Waals surface area contributed by atoms with Crippen LogP contribution in [0.1, 0.15) is 18.9 Å². The number of rotatable bonds is 7. The zero-order valence-corrected chi connectivity index (χ0v) is 14.4. The van der Waals surface area contributed by atoms with Gasteiger partial charge in [-0.2, -0.15) is 0 Å². The summed E-state index contributed by atoms with van der Waals surface area (Å²) < 4.78 is 16.2.